The molecule has 144 valence electrons. The number of hydrogen-bond donors (Lipinski definition) is 3. The molecular formula is C19H20N6O3. The molecule has 2 aliphatic rings. The summed E-state index contributed by atoms with van der Waals surface area (Å²) in [6.45, 7) is 1.52. The molecule has 3 amide bonds. The van der Waals surface area contributed by atoms with Gasteiger partial charge < -0.3 is 16.0 Å². The summed E-state index contributed by atoms with van der Waals surface area (Å²) in [6, 6.07) is 8.59. The number of nitrogens with zero attached hydrogens (tertiary/aromatic N) is 3. The smallest absolute Gasteiger partial charge is 0.255 e. The van der Waals surface area contributed by atoms with Crippen LogP contribution in [-0.4, -0.2) is 38.9 Å². The van der Waals surface area contributed by atoms with E-state index in [0.717, 1.165) is 16.8 Å². The monoisotopic (exact) mass is 380 g/mol. The van der Waals surface area contributed by atoms with E-state index in [4.69, 9.17) is 5.73 Å². The van der Waals surface area contributed by atoms with Crippen molar-refractivity contribution in [3.05, 3.63) is 52.7 Å². The zero-order valence-electron chi connectivity index (χ0n) is 15.1. The quantitative estimate of drug-likeness (QED) is 0.628. The Labute approximate surface area is 161 Å². The van der Waals surface area contributed by atoms with Crippen LogP contribution >= 0.6 is 0 Å². The zero-order valence-corrected chi connectivity index (χ0v) is 15.1. The molecule has 0 saturated carbocycles. The van der Waals surface area contributed by atoms with Gasteiger partial charge in [0.15, 0.2) is 0 Å². The van der Waals surface area contributed by atoms with Gasteiger partial charge in [0.25, 0.3) is 5.91 Å². The van der Waals surface area contributed by atoms with Crippen LogP contribution in [0.3, 0.4) is 0 Å². The summed E-state index contributed by atoms with van der Waals surface area (Å²) in [5.74, 6) is -0.470. The molecule has 1 saturated heterocycles. The molecule has 0 radical (unpaired) electrons. The molecule has 9 nitrogen and oxygen atoms in total. The highest BCUT2D eigenvalue weighted by Gasteiger charge is 2.38. The topological polar surface area (TPSA) is 130 Å². The van der Waals surface area contributed by atoms with E-state index in [0.29, 0.717) is 37.4 Å². The maximum Gasteiger partial charge on any atom is 0.255 e. The standard InChI is InChI=1S/C19H20N6O3/c20-16-5-2-13(23-24-16)9-21-8-11-1-3-14-12(7-11)10-25(19(14)28)15-4-6-17(26)22-18(15)27/h1-3,5,7,15,21H,4,6,8-10H2,(H2,20,24)(H,22,26,27). The molecule has 1 aromatic heterocycles. The number of carbonyl (C=O) groups excluding carboxylic acids is 3. The largest absolute Gasteiger partial charge is 0.382 e. The van der Waals surface area contributed by atoms with Crippen molar-refractivity contribution in [2.75, 3.05) is 5.73 Å². The van der Waals surface area contributed by atoms with Crippen molar-refractivity contribution >= 4 is 23.5 Å². The number of rotatable bonds is 5. The van der Waals surface area contributed by atoms with Crippen LogP contribution in [0.15, 0.2) is 30.3 Å². The lowest BCUT2D eigenvalue weighted by atomic mass is 10.0. The van der Waals surface area contributed by atoms with Crippen molar-refractivity contribution in [3.63, 3.8) is 0 Å². The van der Waals surface area contributed by atoms with Crippen molar-refractivity contribution in [3.8, 4) is 0 Å². The predicted octanol–water partition coefficient (Wildman–Crippen LogP) is 0.110. The van der Waals surface area contributed by atoms with Gasteiger partial charge in [-0.25, -0.2) is 0 Å². The Kier molecular flexibility index (Phi) is 4.74. The van der Waals surface area contributed by atoms with Gasteiger partial charge in [0, 0.05) is 31.6 Å². The van der Waals surface area contributed by atoms with E-state index in [-0.39, 0.29) is 18.2 Å². The molecule has 1 unspecified atom stereocenters. The molecule has 28 heavy (non-hydrogen) atoms. The number of amides is 3. The summed E-state index contributed by atoms with van der Waals surface area (Å²) >= 11 is 0. The third kappa shape index (κ3) is 3.56. The molecule has 4 N–H and O–H groups in total. The third-order valence-corrected chi connectivity index (χ3v) is 4.96. The van der Waals surface area contributed by atoms with Gasteiger partial charge in [0.1, 0.15) is 11.9 Å². The molecule has 2 aliphatic heterocycles. The van der Waals surface area contributed by atoms with Gasteiger partial charge in [0.05, 0.1) is 5.69 Å². The fraction of sp³-hybridized carbons (Fsp3) is 0.316. The number of piperidine rings is 1. The number of nitrogens with two attached hydrogens (primary N) is 1. The second-order valence-corrected chi connectivity index (χ2v) is 6.94. The van der Waals surface area contributed by atoms with Gasteiger partial charge in [-0.15, -0.1) is 5.10 Å². The molecule has 4 rings (SSSR count). The van der Waals surface area contributed by atoms with Crippen LogP contribution < -0.4 is 16.4 Å². The van der Waals surface area contributed by atoms with Crippen LogP contribution in [0.4, 0.5) is 5.82 Å². The van der Waals surface area contributed by atoms with Crippen LogP contribution in [0, 0.1) is 0 Å². The maximum absolute atomic E-state index is 12.7. The van der Waals surface area contributed by atoms with Crippen LogP contribution in [0.1, 0.15) is 40.0 Å². The van der Waals surface area contributed by atoms with E-state index in [2.05, 4.69) is 20.8 Å². The summed E-state index contributed by atoms with van der Waals surface area (Å²) in [5.41, 5.74) is 8.84. The summed E-state index contributed by atoms with van der Waals surface area (Å²) < 4.78 is 0. The maximum atomic E-state index is 12.7. The molecule has 1 fully saturated rings. The molecule has 2 aromatic rings. The summed E-state index contributed by atoms with van der Waals surface area (Å²) in [5, 5.41) is 13.4. The first-order chi connectivity index (χ1) is 13.5. The first kappa shape index (κ1) is 18.1. The van der Waals surface area contributed by atoms with Crippen molar-refractivity contribution in [1.82, 2.24) is 25.7 Å². The second kappa shape index (κ2) is 7.35. The Hall–Kier alpha value is -3.33. The van der Waals surface area contributed by atoms with Crippen molar-refractivity contribution in [1.29, 1.82) is 0 Å². The SMILES string of the molecule is Nc1ccc(CNCc2ccc3c(c2)CN(C2CCC(=O)NC2=O)C3=O)nn1. The van der Waals surface area contributed by atoms with Gasteiger partial charge in [-0.3, -0.25) is 19.7 Å². The van der Waals surface area contributed by atoms with Gasteiger partial charge in [-0.05, 0) is 35.7 Å². The molecule has 1 aromatic carbocycles. The number of nitrogens with one attached hydrogen (secondary N) is 2. The molecule has 0 spiro atoms. The van der Waals surface area contributed by atoms with E-state index in [1.54, 1.807) is 17.0 Å². The average Bonchev–Trinajstić information content (AvgIpc) is 2.99. The molecule has 9 heteroatoms. The number of benzene rings is 1. The minimum atomic E-state index is -0.594. The lowest BCUT2D eigenvalue weighted by molar-refractivity contribution is -0.136. The molecule has 0 bridgehead atoms. The van der Waals surface area contributed by atoms with E-state index in [1.807, 2.05) is 18.2 Å². The van der Waals surface area contributed by atoms with E-state index in [1.165, 1.54) is 0 Å². The highest BCUT2D eigenvalue weighted by Crippen LogP contribution is 2.28. The fourth-order valence-corrected chi connectivity index (χ4v) is 3.54. The Morgan fingerprint density at radius 2 is 2.00 bits per heavy atom. The minimum Gasteiger partial charge on any atom is -0.382 e. The van der Waals surface area contributed by atoms with Crippen molar-refractivity contribution in [2.45, 2.75) is 38.5 Å². The van der Waals surface area contributed by atoms with E-state index >= 15 is 0 Å². The number of fused-ring (bicyclic) bond motifs is 1. The van der Waals surface area contributed by atoms with Gasteiger partial charge in [0.2, 0.25) is 11.8 Å². The summed E-state index contributed by atoms with van der Waals surface area (Å²) in [7, 11) is 0. The van der Waals surface area contributed by atoms with Crippen LogP contribution in [-0.2, 0) is 29.2 Å². The van der Waals surface area contributed by atoms with Crippen molar-refractivity contribution in [2.24, 2.45) is 0 Å². The van der Waals surface area contributed by atoms with Gasteiger partial charge >= 0.3 is 0 Å². The number of carbonyl (C=O) groups is 3. The molecule has 3 heterocycles. The van der Waals surface area contributed by atoms with E-state index in [9.17, 15) is 14.4 Å². The highest BCUT2D eigenvalue weighted by atomic mass is 16.2. The number of anilines is 1. The first-order valence-corrected chi connectivity index (χ1v) is 9.06. The summed E-state index contributed by atoms with van der Waals surface area (Å²) in [6.07, 6.45) is 0.612. The summed E-state index contributed by atoms with van der Waals surface area (Å²) in [4.78, 5) is 37.7. The number of nitrogen functional groups attached to an aromatic ring is 1. The number of aromatic nitrogens is 2. The average molecular weight is 380 g/mol. The second-order valence-electron chi connectivity index (χ2n) is 6.94. The number of hydrogen-bond acceptors (Lipinski definition) is 7. The van der Waals surface area contributed by atoms with Gasteiger partial charge in [-0.2, -0.15) is 5.10 Å². The van der Waals surface area contributed by atoms with Crippen LogP contribution in [0.5, 0.6) is 0 Å². The zero-order chi connectivity index (χ0) is 19.7. The van der Waals surface area contributed by atoms with Crippen LogP contribution in [0.2, 0.25) is 0 Å². The first-order valence-electron chi connectivity index (χ1n) is 9.06. The lowest BCUT2D eigenvalue weighted by Gasteiger charge is -2.29. The highest BCUT2D eigenvalue weighted by molar-refractivity contribution is 6.05. The lowest BCUT2D eigenvalue weighted by Crippen LogP contribution is -2.52. The normalized spacial score (nSPS) is 18.9. The molecule has 1 atom stereocenters. The van der Waals surface area contributed by atoms with E-state index < -0.39 is 11.9 Å². The number of imide groups is 1. The Morgan fingerprint density at radius 3 is 2.75 bits per heavy atom. The molecule has 0 aliphatic carbocycles. The van der Waals surface area contributed by atoms with Crippen molar-refractivity contribution < 1.29 is 14.4 Å². The Morgan fingerprint density at radius 1 is 1.14 bits per heavy atom. The minimum absolute atomic E-state index is 0.166. The fourth-order valence-electron chi connectivity index (χ4n) is 3.54. The Balaban J connectivity index is 1.40. The Bertz CT molecular complexity index is 943. The third-order valence-electron chi connectivity index (χ3n) is 4.96. The van der Waals surface area contributed by atoms with Crippen LogP contribution in [0.25, 0.3) is 0 Å². The molecular weight excluding hydrogens is 360 g/mol. The predicted molar refractivity (Wildman–Crippen MR) is 99.5 cm³/mol. The van der Waals surface area contributed by atoms with Gasteiger partial charge in [-0.1, -0.05) is 12.1 Å².